The third-order valence-electron chi connectivity index (χ3n) is 2.92. The number of likely N-dealkylation sites (tertiary alicyclic amines) is 1. The number of carbonyl (C=O) groups is 1. The fourth-order valence-electron chi connectivity index (χ4n) is 2.04. The van der Waals surface area contributed by atoms with Crippen molar-refractivity contribution in [3.05, 3.63) is 0 Å². The molecule has 1 amide bonds. The van der Waals surface area contributed by atoms with Crippen molar-refractivity contribution in [2.24, 2.45) is 5.92 Å². The molecule has 4 heteroatoms. The predicted octanol–water partition coefficient (Wildman–Crippen LogP) is 2.24. The average molecular weight is 242 g/mol. The molecule has 0 bridgehead atoms. The topological polar surface area (TPSA) is 41.6 Å². The Morgan fingerprint density at radius 3 is 2.76 bits per heavy atom. The Morgan fingerprint density at radius 1 is 1.47 bits per heavy atom. The first-order valence-corrected chi connectivity index (χ1v) is 6.61. The van der Waals surface area contributed by atoms with Gasteiger partial charge in [0.2, 0.25) is 0 Å². The lowest BCUT2D eigenvalue weighted by Gasteiger charge is -2.24. The highest BCUT2D eigenvalue weighted by atomic mass is 16.6. The maximum Gasteiger partial charge on any atom is 0.410 e. The first-order chi connectivity index (χ1) is 7.92. The molecular weight excluding hydrogens is 216 g/mol. The summed E-state index contributed by atoms with van der Waals surface area (Å²) in [5.41, 5.74) is -0.390. The number of carbonyl (C=O) groups excluding carboxylic acids is 1. The summed E-state index contributed by atoms with van der Waals surface area (Å²) in [6, 6.07) is 0. The van der Waals surface area contributed by atoms with Crippen LogP contribution in [-0.4, -0.2) is 42.8 Å². The number of ether oxygens (including phenoxy) is 1. The van der Waals surface area contributed by atoms with Crippen LogP contribution in [0.25, 0.3) is 0 Å². The summed E-state index contributed by atoms with van der Waals surface area (Å²) in [5.74, 6) is 0.626. The van der Waals surface area contributed by atoms with E-state index >= 15 is 0 Å². The average Bonchev–Trinajstić information content (AvgIpc) is 2.64. The molecule has 4 nitrogen and oxygen atoms in total. The Kier molecular flexibility index (Phi) is 5.25. The van der Waals surface area contributed by atoms with E-state index in [4.69, 9.17) is 4.74 Å². The lowest BCUT2D eigenvalue weighted by Crippen LogP contribution is -2.35. The third-order valence-corrected chi connectivity index (χ3v) is 2.92. The minimum atomic E-state index is -0.390. The maximum absolute atomic E-state index is 11.8. The van der Waals surface area contributed by atoms with Crippen LogP contribution in [0.4, 0.5) is 4.79 Å². The van der Waals surface area contributed by atoms with Gasteiger partial charge in [-0.3, -0.25) is 0 Å². The molecule has 1 N–H and O–H groups in total. The van der Waals surface area contributed by atoms with E-state index in [2.05, 4.69) is 12.2 Å². The van der Waals surface area contributed by atoms with Crippen molar-refractivity contribution in [1.29, 1.82) is 0 Å². The number of nitrogens with zero attached hydrogens (tertiary/aromatic N) is 1. The lowest BCUT2D eigenvalue weighted by atomic mass is 10.1. The van der Waals surface area contributed by atoms with Crippen molar-refractivity contribution in [1.82, 2.24) is 10.2 Å². The van der Waals surface area contributed by atoms with Gasteiger partial charge >= 0.3 is 6.09 Å². The molecule has 1 aliphatic rings. The molecule has 1 atom stereocenters. The fourth-order valence-corrected chi connectivity index (χ4v) is 2.04. The summed E-state index contributed by atoms with van der Waals surface area (Å²) in [7, 11) is 0. The normalized spacial score (nSPS) is 20.7. The van der Waals surface area contributed by atoms with Crippen LogP contribution >= 0.6 is 0 Å². The van der Waals surface area contributed by atoms with E-state index in [1.54, 1.807) is 0 Å². The summed E-state index contributed by atoms with van der Waals surface area (Å²) in [6.07, 6.45) is 2.08. The Morgan fingerprint density at radius 2 is 2.18 bits per heavy atom. The monoisotopic (exact) mass is 242 g/mol. The van der Waals surface area contributed by atoms with Crippen molar-refractivity contribution in [2.45, 2.75) is 46.1 Å². The van der Waals surface area contributed by atoms with Crippen LogP contribution in [0.2, 0.25) is 0 Å². The van der Waals surface area contributed by atoms with E-state index < -0.39 is 0 Å². The van der Waals surface area contributed by atoms with E-state index in [1.807, 2.05) is 25.7 Å². The second kappa shape index (κ2) is 6.24. The van der Waals surface area contributed by atoms with E-state index in [-0.39, 0.29) is 11.7 Å². The summed E-state index contributed by atoms with van der Waals surface area (Å²) in [4.78, 5) is 13.7. The van der Waals surface area contributed by atoms with Crippen LogP contribution in [0.5, 0.6) is 0 Å². The van der Waals surface area contributed by atoms with Gasteiger partial charge in [-0.15, -0.1) is 0 Å². The van der Waals surface area contributed by atoms with Gasteiger partial charge in [-0.1, -0.05) is 6.92 Å². The molecule has 0 unspecified atom stereocenters. The predicted molar refractivity (Wildman–Crippen MR) is 69.1 cm³/mol. The first-order valence-electron chi connectivity index (χ1n) is 6.61. The summed E-state index contributed by atoms with van der Waals surface area (Å²) < 4.78 is 5.37. The van der Waals surface area contributed by atoms with Crippen molar-refractivity contribution >= 4 is 6.09 Å². The SMILES string of the molecule is CCNCC[C@H]1CCN(C(=O)OC(C)(C)C)C1. The second-order valence-corrected chi connectivity index (χ2v) is 5.72. The molecule has 1 rings (SSSR count). The van der Waals surface area contributed by atoms with Crippen LogP contribution in [0.3, 0.4) is 0 Å². The Balaban J connectivity index is 2.27. The molecular formula is C13H26N2O2. The molecule has 0 aliphatic carbocycles. The highest BCUT2D eigenvalue weighted by Crippen LogP contribution is 2.21. The summed E-state index contributed by atoms with van der Waals surface area (Å²) >= 11 is 0. The van der Waals surface area contributed by atoms with Crippen molar-refractivity contribution < 1.29 is 9.53 Å². The van der Waals surface area contributed by atoms with Crippen LogP contribution in [0.15, 0.2) is 0 Å². The molecule has 0 saturated carbocycles. The summed E-state index contributed by atoms with van der Waals surface area (Å²) in [5, 5.41) is 3.32. The van der Waals surface area contributed by atoms with Crippen LogP contribution in [0.1, 0.15) is 40.5 Å². The van der Waals surface area contributed by atoms with E-state index in [0.29, 0.717) is 5.92 Å². The molecule has 1 heterocycles. The van der Waals surface area contributed by atoms with Crippen LogP contribution in [-0.2, 0) is 4.74 Å². The second-order valence-electron chi connectivity index (χ2n) is 5.72. The Labute approximate surface area is 105 Å². The molecule has 1 saturated heterocycles. The zero-order valence-corrected chi connectivity index (χ0v) is 11.6. The Hall–Kier alpha value is -0.770. The van der Waals surface area contributed by atoms with Crippen molar-refractivity contribution in [3.8, 4) is 0 Å². The first kappa shape index (κ1) is 14.3. The van der Waals surface area contributed by atoms with Gasteiger partial charge in [0.1, 0.15) is 5.60 Å². The highest BCUT2D eigenvalue weighted by molar-refractivity contribution is 5.68. The fraction of sp³-hybridized carbons (Fsp3) is 0.923. The zero-order chi connectivity index (χ0) is 12.9. The number of hydrogen-bond donors (Lipinski definition) is 1. The van der Waals surface area contributed by atoms with Gasteiger partial charge in [0.05, 0.1) is 0 Å². The van der Waals surface area contributed by atoms with Gasteiger partial charge < -0.3 is 15.0 Å². The van der Waals surface area contributed by atoms with E-state index in [1.165, 1.54) is 0 Å². The molecule has 0 aromatic heterocycles. The largest absolute Gasteiger partial charge is 0.444 e. The molecule has 1 aliphatic heterocycles. The lowest BCUT2D eigenvalue weighted by molar-refractivity contribution is 0.0287. The molecule has 1 fully saturated rings. The van der Waals surface area contributed by atoms with Gasteiger partial charge in [0.15, 0.2) is 0 Å². The van der Waals surface area contributed by atoms with Gasteiger partial charge in [0.25, 0.3) is 0 Å². The minimum absolute atomic E-state index is 0.163. The number of rotatable bonds is 4. The standard InChI is InChI=1S/C13H26N2O2/c1-5-14-8-6-11-7-9-15(10-11)12(16)17-13(2,3)4/h11,14H,5-10H2,1-4H3/t11-/m0/s1. The minimum Gasteiger partial charge on any atom is -0.444 e. The number of nitrogens with one attached hydrogen (secondary N) is 1. The van der Waals surface area contributed by atoms with Gasteiger partial charge in [0, 0.05) is 13.1 Å². The van der Waals surface area contributed by atoms with Crippen LogP contribution < -0.4 is 5.32 Å². The summed E-state index contributed by atoms with van der Waals surface area (Å²) in [6.45, 7) is 11.6. The molecule has 0 radical (unpaired) electrons. The smallest absolute Gasteiger partial charge is 0.410 e. The number of amides is 1. The molecule has 0 aromatic rings. The Bertz CT molecular complexity index is 248. The molecule has 0 aromatic carbocycles. The highest BCUT2D eigenvalue weighted by Gasteiger charge is 2.29. The van der Waals surface area contributed by atoms with E-state index in [0.717, 1.165) is 39.0 Å². The molecule has 17 heavy (non-hydrogen) atoms. The number of hydrogen-bond acceptors (Lipinski definition) is 3. The third kappa shape index (κ3) is 5.39. The van der Waals surface area contributed by atoms with Crippen molar-refractivity contribution in [2.75, 3.05) is 26.2 Å². The van der Waals surface area contributed by atoms with Crippen molar-refractivity contribution in [3.63, 3.8) is 0 Å². The van der Waals surface area contributed by atoms with E-state index in [9.17, 15) is 4.79 Å². The zero-order valence-electron chi connectivity index (χ0n) is 11.6. The molecule has 100 valence electrons. The van der Waals surface area contributed by atoms with Gasteiger partial charge in [-0.2, -0.15) is 0 Å². The quantitative estimate of drug-likeness (QED) is 0.769. The molecule has 0 spiro atoms. The van der Waals surface area contributed by atoms with Gasteiger partial charge in [-0.05, 0) is 52.6 Å². The van der Waals surface area contributed by atoms with Gasteiger partial charge in [-0.25, -0.2) is 4.79 Å². The van der Waals surface area contributed by atoms with Crippen LogP contribution in [0, 0.1) is 5.92 Å². The maximum atomic E-state index is 11.8.